The van der Waals surface area contributed by atoms with Crippen molar-refractivity contribution in [2.45, 2.75) is 18.3 Å². The topological polar surface area (TPSA) is 72.7 Å². The monoisotopic (exact) mass is 331 g/mol. The van der Waals surface area contributed by atoms with Gasteiger partial charge in [-0.15, -0.1) is 0 Å². The number of nitrogens with one attached hydrogen (secondary N) is 1. The fourth-order valence-electron chi connectivity index (χ4n) is 1.60. The van der Waals surface area contributed by atoms with E-state index >= 15 is 0 Å². The van der Waals surface area contributed by atoms with Gasteiger partial charge in [0.05, 0.1) is 11.4 Å². The number of halogens is 3. The van der Waals surface area contributed by atoms with Gasteiger partial charge in [0.25, 0.3) is 0 Å². The second-order valence-electron chi connectivity index (χ2n) is 4.35. The highest BCUT2D eigenvalue weighted by Gasteiger charge is 2.32. The Hall–Kier alpha value is -2.10. The highest BCUT2D eigenvalue weighted by atomic mass is 32.2. The predicted molar refractivity (Wildman–Crippen MR) is 74.3 cm³/mol. The van der Waals surface area contributed by atoms with Crippen molar-refractivity contribution in [1.82, 2.24) is 19.7 Å². The molecule has 1 amide bonds. The van der Waals surface area contributed by atoms with Crippen LogP contribution in [-0.4, -0.2) is 31.4 Å². The van der Waals surface area contributed by atoms with Crippen molar-refractivity contribution >= 4 is 23.5 Å². The minimum Gasteiger partial charge on any atom is -0.310 e. The smallest absolute Gasteiger partial charge is 0.310 e. The highest BCUT2D eigenvalue weighted by Crippen LogP contribution is 2.28. The Kier molecular flexibility index (Phi) is 4.69. The third-order valence-electron chi connectivity index (χ3n) is 2.53. The lowest BCUT2D eigenvalue weighted by molar-refractivity contribution is -0.141. The molecule has 0 spiro atoms. The molecule has 2 heterocycles. The summed E-state index contributed by atoms with van der Waals surface area (Å²) in [5.74, 6) is 0.0213. The number of hydrogen-bond acceptors (Lipinski definition) is 5. The molecule has 2 aromatic rings. The van der Waals surface area contributed by atoms with Crippen molar-refractivity contribution in [3.8, 4) is 0 Å². The van der Waals surface area contributed by atoms with Crippen LogP contribution < -0.4 is 5.32 Å². The number of carbonyl (C=O) groups is 1. The van der Waals surface area contributed by atoms with E-state index in [9.17, 15) is 18.0 Å². The zero-order chi connectivity index (χ0) is 16.3. The molecule has 10 heteroatoms. The largest absolute Gasteiger partial charge is 0.433 e. The minimum atomic E-state index is -4.53. The Balaban J connectivity index is 1.95. The molecule has 22 heavy (non-hydrogen) atoms. The molecule has 0 atom stereocenters. The molecule has 0 saturated carbocycles. The Bertz CT molecular complexity index is 686. The number of alkyl halides is 3. The molecular formula is C12H12F3N5OS. The van der Waals surface area contributed by atoms with Crippen LogP contribution in [0.25, 0.3) is 0 Å². The fourth-order valence-corrected chi connectivity index (χ4v) is 2.24. The van der Waals surface area contributed by atoms with E-state index in [2.05, 4.69) is 20.4 Å². The third kappa shape index (κ3) is 4.20. The van der Waals surface area contributed by atoms with Crippen LogP contribution in [0.2, 0.25) is 0 Å². The van der Waals surface area contributed by atoms with Crippen molar-refractivity contribution in [2.75, 3.05) is 11.1 Å². The van der Waals surface area contributed by atoms with Gasteiger partial charge in [0.2, 0.25) is 5.91 Å². The summed E-state index contributed by atoms with van der Waals surface area (Å²) in [6, 6.07) is 2.46. The predicted octanol–water partition coefficient (Wildman–Crippen LogP) is 2.27. The lowest BCUT2D eigenvalue weighted by Crippen LogP contribution is -2.17. The van der Waals surface area contributed by atoms with E-state index in [1.165, 1.54) is 4.68 Å². The van der Waals surface area contributed by atoms with E-state index in [-0.39, 0.29) is 16.8 Å². The van der Waals surface area contributed by atoms with Crippen molar-refractivity contribution in [1.29, 1.82) is 0 Å². The summed E-state index contributed by atoms with van der Waals surface area (Å²) in [7, 11) is 1.67. The molecule has 0 bridgehead atoms. The standard InChI is InChI=1S/C12H12F3N5OS/c1-7-5-9(20(2)19-7)18-10(21)6-22-11-16-4-3-8(17-11)12(13,14)15/h3-5H,6H2,1-2H3,(H,18,21). The maximum absolute atomic E-state index is 12.5. The number of carbonyl (C=O) groups excluding carboxylic acids is 1. The summed E-state index contributed by atoms with van der Waals surface area (Å²) in [6.07, 6.45) is -3.52. The summed E-state index contributed by atoms with van der Waals surface area (Å²) in [6.45, 7) is 1.78. The van der Waals surface area contributed by atoms with Gasteiger partial charge >= 0.3 is 6.18 Å². The Morgan fingerprint density at radius 2 is 2.18 bits per heavy atom. The first kappa shape index (κ1) is 16.3. The first-order valence-electron chi connectivity index (χ1n) is 6.09. The van der Waals surface area contributed by atoms with Crippen molar-refractivity contribution in [3.63, 3.8) is 0 Å². The summed E-state index contributed by atoms with van der Waals surface area (Å²) in [5, 5.41) is 6.57. The first-order valence-corrected chi connectivity index (χ1v) is 7.08. The lowest BCUT2D eigenvalue weighted by atomic mass is 10.4. The van der Waals surface area contributed by atoms with Gasteiger partial charge < -0.3 is 5.32 Å². The number of thioether (sulfide) groups is 1. The van der Waals surface area contributed by atoms with Gasteiger partial charge in [-0.1, -0.05) is 11.8 Å². The Morgan fingerprint density at radius 3 is 2.77 bits per heavy atom. The van der Waals surface area contributed by atoms with E-state index < -0.39 is 11.9 Å². The van der Waals surface area contributed by atoms with E-state index in [0.717, 1.165) is 29.7 Å². The van der Waals surface area contributed by atoms with Crippen molar-refractivity contribution in [3.05, 3.63) is 29.7 Å². The lowest BCUT2D eigenvalue weighted by Gasteiger charge is -2.07. The number of rotatable bonds is 4. The molecule has 0 aromatic carbocycles. The average Bonchev–Trinajstić information content (AvgIpc) is 2.74. The van der Waals surface area contributed by atoms with E-state index in [1.54, 1.807) is 20.0 Å². The van der Waals surface area contributed by atoms with Gasteiger partial charge in [-0.3, -0.25) is 9.48 Å². The SMILES string of the molecule is Cc1cc(NC(=O)CSc2nccc(C(F)(F)F)n2)n(C)n1. The average molecular weight is 331 g/mol. The molecule has 0 unspecified atom stereocenters. The number of amides is 1. The normalized spacial score (nSPS) is 11.5. The molecule has 1 N–H and O–H groups in total. The van der Waals surface area contributed by atoms with Crippen molar-refractivity contribution < 1.29 is 18.0 Å². The molecule has 0 fully saturated rings. The first-order chi connectivity index (χ1) is 10.3. The van der Waals surface area contributed by atoms with Crippen LogP contribution in [0.1, 0.15) is 11.4 Å². The third-order valence-corrected chi connectivity index (χ3v) is 3.39. The summed E-state index contributed by atoms with van der Waals surface area (Å²) >= 11 is 0.827. The van der Waals surface area contributed by atoms with Gasteiger partial charge in [0.15, 0.2) is 5.16 Å². The second-order valence-corrected chi connectivity index (χ2v) is 5.30. The van der Waals surface area contributed by atoms with Gasteiger partial charge in [-0.25, -0.2) is 9.97 Å². The van der Waals surface area contributed by atoms with Crippen LogP contribution in [0, 0.1) is 6.92 Å². The second kappa shape index (κ2) is 6.34. The van der Waals surface area contributed by atoms with Gasteiger partial charge in [0.1, 0.15) is 11.5 Å². The zero-order valence-corrected chi connectivity index (χ0v) is 12.5. The van der Waals surface area contributed by atoms with Gasteiger partial charge in [-0.2, -0.15) is 18.3 Å². The number of hydrogen-bond donors (Lipinski definition) is 1. The highest BCUT2D eigenvalue weighted by molar-refractivity contribution is 7.99. The maximum Gasteiger partial charge on any atom is 0.433 e. The zero-order valence-electron chi connectivity index (χ0n) is 11.7. The van der Waals surface area contributed by atoms with Crippen LogP contribution in [0.15, 0.2) is 23.5 Å². The van der Waals surface area contributed by atoms with Crippen LogP contribution in [0.5, 0.6) is 0 Å². The molecular weight excluding hydrogens is 319 g/mol. The fraction of sp³-hybridized carbons (Fsp3) is 0.333. The summed E-state index contributed by atoms with van der Waals surface area (Å²) in [5.41, 5.74) is -0.292. The van der Waals surface area contributed by atoms with E-state index in [0.29, 0.717) is 5.82 Å². The van der Waals surface area contributed by atoms with Crippen LogP contribution in [0.4, 0.5) is 19.0 Å². The van der Waals surface area contributed by atoms with E-state index in [1.807, 2.05) is 0 Å². The summed E-state index contributed by atoms with van der Waals surface area (Å²) in [4.78, 5) is 18.9. The van der Waals surface area contributed by atoms with Gasteiger partial charge in [-0.05, 0) is 13.0 Å². The van der Waals surface area contributed by atoms with Crippen LogP contribution >= 0.6 is 11.8 Å². The number of nitrogens with zero attached hydrogens (tertiary/aromatic N) is 4. The maximum atomic E-state index is 12.5. The molecule has 6 nitrogen and oxygen atoms in total. The van der Waals surface area contributed by atoms with Crippen LogP contribution in [0.3, 0.4) is 0 Å². The number of aromatic nitrogens is 4. The molecule has 2 rings (SSSR count). The van der Waals surface area contributed by atoms with Gasteiger partial charge in [0, 0.05) is 19.3 Å². The number of aryl methyl sites for hydroxylation is 2. The molecule has 0 aliphatic rings. The van der Waals surface area contributed by atoms with Crippen LogP contribution in [-0.2, 0) is 18.0 Å². The molecule has 118 valence electrons. The van der Waals surface area contributed by atoms with E-state index in [4.69, 9.17) is 0 Å². The molecule has 0 saturated heterocycles. The summed E-state index contributed by atoms with van der Waals surface area (Å²) < 4.78 is 39.0. The van der Waals surface area contributed by atoms with Crippen molar-refractivity contribution in [2.24, 2.45) is 7.05 Å². The minimum absolute atomic E-state index is 0.105. The molecule has 0 aliphatic heterocycles. The Morgan fingerprint density at radius 1 is 1.45 bits per heavy atom. The molecule has 2 aromatic heterocycles. The quantitative estimate of drug-likeness (QED) is 0.687. The molecule has 0 aliphatic carbocycles. The molecule has 0 radical (unpaired) electrons. The Labute approximate surface area is 128 Å². The number of anilines is 1.